The van der Waals surface area contributed by atoms with Gasteiger partial charge in [-0.2, -0.15) is 0 Å². The van der Waals surface area contributed by atoms with Crippen LogP contribution in [0.1, 0.15) is 57.8 Å². The molecule has 1 N–H and O–H groups in total. The Morgan fingerprint density at radius 1 is 1.22 bits per heavy atom. The lowest BCUT2D eigenvalue weighted by Crippen LogP contribution is -2.38. The summed E-state index contributed by atoms with van der Waals surface area (Å²) in [5.41, 5.74) is 0. The van der Waals surface area contributed by atoms with Crippen molar-refractivity contribution in [2.75, 3.05) is 13.2 Å². The largest absolute Gasteiger partial charge is 0.464 e. The zero-order chi connectivity index (χ0) is 16.9. The van der Waals surface area contributed by atoms with E-state index in [1.54, 1.807) is 0 Å². The van der Waals surface area contributed by atoms with Crippen LogP contribution in [0.2, 0.25) is 0 Å². The summed E-state index contributed by atoms with van der Waals surface area (Å²) in [4.78, 5) is 38.4. The number of unbranched alkanes of at least 4 members (excludes halogenated alkanes) is 5. The highest BCUT2D eigenvalue weighted by atomic mass is 32.1. The average Bonchev–Trinajstić information content (AvgIpc) is 2.90. The highest BCUT2D eigenvalue weighted by Crippen LogP contribution is 2.09. The molecule has 1 amide bonds. The summed E-state index contributed by atoms with van der Waals surface area (Å²) in [7, 11) is 0. The van der Waals surface area contributed by atoms with Crippen LogP contribution in [0.3, 0.4) is 0 Å². The van der Waals surface area contributed by atoms with Crippen LogP contribution < -0.4 is 5.32 Å². The first-order chi connectivity index (χ1) is 11.1. The first-order valence-corrected chi connectivity index (χ1v) is 8.55. The molecule has 0 aromatic carbocycles. The molecular weight excluding hydrogens is 316 g/mol. The normalized spacial score (nSPS) is 16.5. The van der Waals surface area contributed by atoms with Crippen molar-refractivity contribution in [1.29, 1.82) is 0 Å². The molecule has 1 aliphatic heterocycles. The Morgan fingerprint density at radius 2 is 1.91 bits per heavy atom. The second kappa shape index (κ2) is 11.9. The minimum Gasteiger partial charge on any atom is -0.464 e. The van der Waals surface area contributed by atoms with E-state index < -0.39 is 17.9 Å². The lowest BCUT2D eigenvalue weighted by molar-refractivity contribution is -0.142. The summed E-state index contributed by atoms with van der Waals surface area (Å²) in [5, 5.41) is 4.88. The maximum Gasteiger partial charge on any atom is 0.328 e. The molecule has 0 aromatic rings. The molecule has 1 heterocycles. The number of carbonyl (C=O) groups excluding carboxylic acids is 3. The molecule has 0 bridgehead atoms. The van der Waals surface area contributed by atoms with Gasteiger partial charge in [0.2, 0.25) is 5.91 Å². The third-order valence-electron chi connectivity index (χ3n) is 3.67. The van der Waals surface area contributed by atoms with Gasteiger partial charge in [0, 0.05) is 19.4 Å². The predicted octanol–water partition coefficient (Wildman–Crippen LogP) is 2.21. The summed E-state index contributed by atoms with van der Waals surface area (Å²) >= 11 is 4.49. The topological polar surface area (TPSA) is 84.8 Å². The van der Waals surface area contributed by atoms with E-state index in [-0.39, 0.29) is 12.2 Å². The number of ether oxygens (including phenoxy) is 1. The van der Waals surface area contributed by atoms with Gasteiger partial charge in [0.1, 0.15) is 11.8 Å². The number of Topliss-reactive ketones (excluding diaryl/α,β-unsaturated/α-hetero) is 1. The third-order valence-corrected chi connectivity index (χ3v) is 3.80. The van der Waals surface area contributed by atoms with Crippen LogP contribution in [0.5, 0.6) is 0 Å². The molecule has 1 saturated heterocycles. The fraction of sp³-hybridized carbons (Fsp3) is 0.750. The lowest BCUT2D eigenvalue weighted by atomic mass is 10.1. The Morgan fingerprint density at radius 3 is 2.57 bits per heavy atom. The molecule has 0 aliphatic carbocycles. The molecule has 128 valence electrons. The number of thiocarbonyl (C=S) groups is 1. The molecule has 1 fully saturated rings. The molecule has 23 heavy (non-hydrogen) atoms. The number of nitrogens with zero attached hydrogens (tertiary/aromatic N) is 1. The number of nitrogens with one attached hydrogen (secondary N) is 1. The zero-order valence-electron chi connectivity index (χ0n) is 13.3. The number of cyclic esters (lactones) is 1. The maximum absolute atomic E-state index is 11.7. The van der Waals surface area contributed by atoms with Gasteiger partial charge in [-0.25, -0.2) is 9.79 Å². The van der Waals surface area contributed by atoms with Crippen LogP contribution in [0, 0.1) is 0 Å². The van der Waals surface area contributed by atoms with Gasteiger partial charge < -0.3 is 10.1 Å². The van der Waals surface area contributed by atoms with E-state index in [1.807, 2.05) is 0 Å². The Balaban J connectivity index is 1.98. The van der Waals surface area contributed by atoms with Gasteiger partial charge in [-0.05, 0) is 25.1 Å². The molecular formula is C16H24N2O4S. The molecule has 0 saturated carbocycles. The van der Waals surface area contributed by atoms with Crippen molar-refractivity contribution in [3.8, 4) is 0 Å². The van der Waals surface area contributed by atoms with Gasteiger partial charge in [-0.3, -0.25) is 9.59 Å². The van der Waals surface area contributed by atoms with E-state index >= 15 is 0 Å². The quantitative estimate of drug-likeness (QED) is 0.194. The van der Waals surface area contributed by atoms with Crippen molar-refractivity contribution in [2.45, 2.75) is 63.8 Å². The van der Waals surface area contributed by atoms with Gasteiger partial charge in [0.05, 0.1) is 18.2 Å². The van der Waals surface area contributed by atoms with Crippen LogP contribution in [-0.2, 0) is 19.1 Å². The zero-order valence-corrected chi connectivity index (χ0v) is 14.2. The first kappa shape index (κ1) is 19.5. The van der Waals surface area contributed by atoms with Crippen molar-refractivity contribution in [3.05, 3.63) is 0 Å². The van der Waals surface area contributed by atoms with Crippen LogP contribution >= 0.6 is 12.2 Å². The second-order valence-corrected chi connectivity index (χ2v) is 5.82. The number of carbonyl (C=O) groups is 3. The van der Waals surface area contributed by atoms with Crippen molar-refractivity contribution in [2.24, 2.45) is 4.99 Å². The number of amides is 1. The van der Waals surface area contributed by atoms with E-state index in [0.29, 0.717) is 19.4 Å². The molecule has 7 heteroatoms. The highest BCUT2D eigenvalue weighted by molar-refractivity contribution is 7.78. The molecule has 1 unspecified atom stereocenters. The van der Waals surface area contributed by atoms with Crippen LogP contribution in [0.15, 0.2) is 4.99 Å². The number of esters is 1. The SMILES string of the molecule is O=C(CCCCCCCCN=C=S)CC(=O)NC1CCOC1=O. The van der Waals surface area contributed by atoms with Crippen LogP contribution in [-0.4, -0.2) is 42.0 Å². The Bertz CT molecular complexity index is 461. The Hall–Kier alpha value is -1.59. The second-order valence-electron chi connectivity index (χ2n) is 5.64. The minimum absolute atomic E-state index is 0.0795. The molecule has 6 nitrogen and oxygen atoms in total. The number of hydrogen-bond acceptors (Lipinski definition) is 6. The average molecular weight is 340 g/mol. The third kappa shape index (κ3) is 9.21. The molecule has 1 atom stereocenters. The summed E-state index contributed by atoms with van der Waals surface area (Å²) in [6.45, 7) is 1.07. The van der Waals surface area contributed by atoms with E-state index in [1.165, 1.54) is 0 Å². The maximum atomic E-state index is 11.7. The summed E-state index contributed by atoms with van der Waals surface area (Å²) in [6, 6.07) is -0.585. The number of aliphatic imine (C=N–C) groups is 1. The van der Waals surface area contributed by atoms with Gasteiger partial charge >= 0.3 is 5.97 Å². The Labute approximate surface area is 142 Å². The number of hydrogen-bond donors (Lipinski definition) is 1. The van der Waals surface area contributed by atoms with Crippen molar-refractivity contribution < 1.29 is 19.1 Å². The molecule has 1 rings (SSSR count). The first-order valence-electron chi connectivity index (χ1n) is 8.15. The Kier molecular flexibility index (Phi) is 10.1. The fourth-order valence-corrected chi connectivity index (χ4v) is 2.50. The standard InChI is InChI=1S/C16H24N2O4S/c19-13(7-5-3-1-2-4-6-9-17-12-23)11-15(20)18-14-8-10-22-16(14)21/h14H,1-11H2,(H,18,20). The molecule has 0 radical (unpaired) electrons. The summed E-state index contributed by atoms with van der Waals surface area (Å²) < 4.78 is 4.75. The van der Waals surface area contributed by atoms with Gasteiger partial charge in [-0.15, -0.1) is 0 Å². The van der Waals surface area contributed by atoms with Gasteiger partial charge in [0.15, 0.2) is 0 Å². The van der Waals surface area contributed by atoms with E-state index in [2.05, 4.69) is 27.7 Å². The summed E-state index contributed by atoms with van der Waals surface area (Å²) in [5.74, 6) is -0.885. The van der Waals surface area contributed by atoms with E-state index in [4.69, 9.17) is 4.74 Å². The number of rotatable bonds is 12. The van der Waals surface area contributed by atoms with E-state index in [9.17, 15) is 14.4 Å². The fourth-order valence-electron chi connectivity index (χ4n) is 2.41. The van der Waals surface area contributed by atoms with Crippen LogP contribution in [0.4, 0.5) is 0 Å². The highest BCUT2D eigenvalue weighted by Gasteiger charge is 2.28. The van der Waals surface area contributed by atoms with Gasteiger partial charge in [-0.1, -0.05) is 25.7 Å². The molecule has 1 aliphatic rings. The number of isothiocyanates is 1. The smallest absolute Gasteiger partial charge is 0.328 e. The minimum atomic E-state index is -0.585. The van der Waals surface area contributed by atoms with Gasteiger partial charge in [0.25, 0.3) is 0 Å². The molecule has 0 aromatic heterocycles. The van der Waals surface area contributed by atoms with Crippen molar-refractivity contribution in [1.82, 2.24) is 5.32 Å². The lowest BCUT2D eigenvalue weighted by Gasteiger charge is -2.08. The summed E-state index contributed by atoms with van der Waals surface area (Å²) in [6.07, 6.45) is 6.85. The molecule has 0 spiro atoms. The monoisotopic (exact) mass is 340 g/mol. The van der Waals surface area contributed by atoms with Crippen LogP contribution in [0.25, 0.3) is 0 Å². The van der Waals surface area contributed by atoms with Crippen molar-refractivity contribution in [3.63, 3.8) is 0 Å². The number of ketones is 1. The van der Waals surface area contributed by atoms with Crippen molar-refractivity contribution >= 4 is 35.0 Å². The van der Waals surface area contributed by atoms with E-state index in [0.717, 1.165) is 45.1 Å². The predicted molar refractivity (Wildman–Crippen MR) is 89.3 cm³/mol.